The van der Waals surface area contributed by atoms with E-state index in [1.54, 1.807) is 24.3 Å². The number of carbonyl (C=O) groups excluding carboxylic acids is 2. The lowest BCUT2D eigenvalue weighted by molar-refractivity contribution is 0.0747. The van der Waals surface area contributed by atoms with Crippen LogP contribution in [0.25, 0.3) is 0 Å². The molecule has 0 saturated carbocycles. The molecule has 110 valence electrons. The molecule has 22 heavy (non-hydrogen) atoms. The van der Waals surface area contributed by atoms with Crippen molar-refractivity contribution >= 4 is 23.3 Å². The third kappa shape index (κ3) is 1.89. The van der Waals surface area contributed by atoms with Crippen LogP contribution in [-0.2, 0) is 0 Å². The predicted octanol–water partition coefficient (Wildman–Crippen LogP) is 3.74. The first kappa shape index (κ1) is 13.5. The second-order valence-corrected chi connectivity index (χ2v) is 6.23. The highest BCUT2D eigenvalue weighted by Crippen LogP contribution is 2.45. The topological polar surface area (TPSA) is 37.4 Å². The van der Waals surface area contributed by atoms with Gasteiger partial charge in [0.2, 0.25) is 0 Å². The van der Waals surface area contributed by atoms with Crippen LogP contribution >= 0.6 is 11.6 Å². The molecule has 0 spiro atoms. The van der Waals surface area contributed by atoms with Crippen molar-refractivity contribution in [1.82, 2.24) is 4.90 Å². The average molecular weight is 312 g/mol. The van der Waals surface area contributed by atoms with Gasteiger partial charge in [-0.25, -0.2) is 0 Å². The van der Waals surface area contributed by atoms with E-state index in [1.807, 2.05) is 29.2 Å². The Morgan fingerprint density at radius 3 is 2.59 bits per heavy atom. The van der Waals surface area contributed by atoms with Gasteiger partial charge in [0.15, 0.2) is 5.78 Å². The molecule has 4 heteroatoms. The summed E-state index contributed by atoms with van der Waals surface area (Å²) in [6.07, 6.45) is 0.714. The zero-order valence-electron chi connectivity index (χ0n) is 11.8. The minimum Gasteiger partial charge on any atom is -0.331 e. The molecule has 2 aromatic carbocycles. The molecule has 0 aliphatic carbocycles. The van der Waals surface area contributed by atoms with E-state index >= 15 is 0 Å². The Morgan fingerprint density at radius 1 is 1.09 bits per heavy atom. The lowest BCUT2D eigenvalue weighted by atomic mass is 9.87. The first-order chi connectivity index (χ1) is 10.7. The third-order valence-corrected chi connectivity index (χ3v) is 4.89. The summed E-state index contributed by atoms with van der Waals surface area (Å²) >= 11 is 5.89. The second kappa shape index (κ2) is 4.96. The van der Waals surface area contributed by atoms with Gasteiger partial charge in [0.1, 0.15) is 0 Å². The Balaban J connectivity index is 1.71. The minimum atomic E-state index is -0.172. The molecule has 0 N–H and O–H groups in total. The van der Waals surface area contributed by atoms with Crippen molar-refractivity contribution in [2.75, 3.05) is 6.54 Å². The maximum atomic E-state index is 12.8. The predicted molar refractivity (Wildman–Crippen MR) is 84.1 cm³/mol. The van der Waals surface area contributed by atoms with Crippen LogP contribution in [0.3, 0.4) is 0 Å². The van der Waals surface area contributed by atoms with Gasteiger partial charge in [0, 0.05) is 28.6 Å². The van der Waals surface area contributed by atoms with Gasteiger partial charge in [0.05, 0.1) is 6.04 Å². The maximum Gasteiger partial charge on any atom is 0.254 e. The summed E-state index contributed by atoms with van der Waals surface area (Å²) in [4.78, 5) is 27.1. The lowest BCUT2D eigenvalue weighted by Crippen LogP contribution is -2.26. The zero-order valence-corrected chi connectivity index (χ0v) is 12.6. The van der Waals surface area contributed by atoms with Gasteiger partial charge in [-0.2, -0.15) is 0 Å². The van der Waals surface area contributed by atoms with E-state index in [-0.39, 0.29) is 23.7 Å². The monoisotopic (exact) mass is 311 g/mol. The van der Waals surface area contributed by atoms with Crippen LogP contribution in [0.4, 0.5) is 0 Å². The number of nitrogens with zero attached hydrogens (tertiary/aromatic N) is 1. The number of hydrogen-bond donors (Lipinski definition) is 0. The smallest absolute Gasteiger partial charge is 0.254 e. The second-order valence-electron chi connectivity index (χ2n) is 5.80. The number of fused-ring (bicyclic) bond motifs is 3. The van der Waals surface area contributed by atoms with Crippen molar-refractivity contribution in [3.05, 3.63) is 70.2 Å². The molecular weight excluding hydrogens is 298 g/mol. The normalized spacial score (nSPS) is 22.6. The molecule has 1 fully saturated rings. The fraction of sp³-hybridized carbons (Fsp3) is 0.222. The van der Waals surface area contributed by atoms with Gasteiger partial charge in [-0.05, 0) is 42.3 Å². The van der Waals surface area contributed by atoms with Crippen LogP contribution in [0.2, 0.25) is 5.02 Å². The summed E-state index contributed by atoms with van der Waals surface area (Å²) in [6.45, 7) is 0.641. The summed E-state index contributed by atoms with van der Waals surface area (Å²) in [5.41, 5.74) is 2.38. The molecule has 3 nitrogen and oxygen atoms in total. The molecule has 2 aliphatic heterocycles. The summed E-state index contributed by atoms with van der Waals surface area (Å²) in [7, 11) is 0. The Bertz CT molecular complexity index is 769. The van der Waals surface area contributed by atoms with Crippen LogP contribution in [0, 0.1) is 5.92 Å². The quantitative estimate of drug-likeness (QED) is 0.792. The molecule has 4 rings (SSSR count). The van der Waals surface area contributed by atoms with Gasteiger partial charge in [-0.15, -0.1) is 0 Å². The molecule has 1 amide bonds. The molecule has 0 unspecified atom stereocenters. The van der Waals surface area contributed by atoms with E-state index in [1.165, 1.54) is 0 Å². The Morgan fingerprint density at radius 2 is 1.82 bits per heavy atom. The number of ketones is 1. The number of hydrogen-bond acceptors (Lipinski definition) is 2. The SMILES string of the molecule is O=C(c1ccc(Cl)cc1)[C@@H]1CCN2C(=O)c3ccccc3[C@@H]12. The van der Waals surface area contributed by atoms with Crippen molar-refractivity contribution in [2.24, 2.45) is 5.92 Å². The van der Waals surface area contributed by atoms with Gasteiger partial charge in [-0.1, -0.05) is 29.8 Å². The first-order valence-electron chi connectivity index (χ1n) is 7.36. The van der Waals surface area contributed by atoms with Crippen molar-refractivity contribution < 1.29 is 9.59 Å². The molecule has 2 heterocycles. The summed E-state index contributed by atoms with van der Waals surface area (Å²) in [5.74, 6) is -0.0329. The first-order valence-corrected chi connectivity index (χ1v) is 7.74. The van der Waals surface area contributed by atoms with Crippen LogP contribution < -0.4 is 0 Å². The largest absolute Gasteiger partial charge is 0.331 e. The molecule has 0 aromatic heterocycles. The Kier molecular flexibility index (Phi) is 3.05. The highest BCUT2D eigenvalue weighted by atomic mass is 35.5. The van der Waals surface area contributed by atoms with Gasteiger partial charge in [0.25, 0.3) is 5.91 Å². The van der Waals surface area contributed by atoms with E-state index in [4.69, 9.17) is 11.6 Å². The summed E-state index contributed by atoms with van der Waals surface area (Å²) in [6, 6.07) is 14.5. The fourth-order valence-electron chi connectivity index (χ4n) is 3.61. The van der Waals surface area contributed by atoms with E-state index in [2.05, 4.69) is 0 Å². The Hall–Kier alpha value is -2.13. The van der Waals surface area contributed by atoms with Crippen LogP contribution in [-0.4, -0.2) is 23.1 Å². The van der Waals surface area contributed by atoms with Crippen molar-refractivity contribution in [1.29, 1.82) is 0 Å². The van der Waals surface area contributed by atoms with E-state index in [9.17, 15) is 9.59 Å². The van der Waals surface area contributed by atoms with E-state index in [0.717, 1.165) is 11.1 Å². The number of amides is 1. The van der Waals surface area contributed by atoms with Crippen molar-refractivity contribution in [3.63, 3.8) is 0 Å². The molecule has 0 radical (unpaired) electrons. The molecule has 2 aliphatic rings. The molecular formula is C18H14ClNO2. The van der Waals surface area contributed by atoms with Crippen LogP contribution in [0.15, 0.2) is 48.5 Å². The fourth-order valence-corrected chi connectivity index (χ4v) is 3.74. The highest BCUT2D eigenvalue weighted by molar-refractivity contribution is 6.30. The van der Waals surface area contributed by atoms with Gasteiger partial charge < -0.3 is 4.90 Å². The summed E-state index contributed by atoms with van der Waals surface area (Å²) in [5, 5.41) is 0.617. The van der Waals surface area contributed by atoms with Gasteiger partial charge in [-0.3, -0.25) is 9.59 Å². The zero-order chi connectivity index (χ0) is 15.3. The maximum absolute atomic E-state index is 12.8. The minimum absolute atomic E-state index is 0.0482. The highest BCUT2D eigenvalue weighted by Gasteiger charge is 2.47. The van der Waals surface area contributed by atoms with Crippen LogP contribution in [0.1, 0.15) is 38.7 Å². The lowest BCUT2D eigenvalue weighted by Gasteiger charge is -2.20. The van der Waals surface area contributed by atoms with E-state index in [0.29, 0.717) is 23.6 Å². The van der Waals surface area contributed by atoms with Gasteiger partial charge >= 0.3 is 0 Å². The third-order valence-electron chi connectivity index (χ3n) is 4.63. The van der Waals surface area contributed by atoms with Crippen molar-refractivity contribution in [3.8, 4) is 0 Å². The average Bonchev–Trinajstić information content (AvgIpc) is 3.09. The molecule has 2 atom stereocenters. The molecule has 0 bridgehead atoms. The number of Topliss-reactive ketones (excluding diaryl/α,β-unsaturated/α-hetero) is 1. The molecule has 1 saturated heterocycles. The number of halogens is 1. The molecule has 2 aromatic rings. The standard InChI is InChI=1S/C18H14ClNO2/c19-12-7-5-11(6-8-12)17(21)15-9-10-20-16(15)13-3-1-2-4-14(13)18(20)22/h1-8,15-16H,9-10H2/t15-,16+/m1/s1. The van der Waals surface area contributed by atoms with E-state index < -0.39 is 0 Å². The van der Waals surface area contributed by atoms with Crippen molar-refractivity contribution in [2.45, 2.75) is 12.5 Å². The number of carbonyl (C=O) groups is 2. The van der Waals surface area contributed by atoms with Crippen LogP contribution in [0.5, 0.6) is 0 Å². The summed E-state index contributed by atoms with van der Waals surface area (Å²) < 4.78 is 0. The Labute approximate surface area is 133 Å². The number of rotatable bonds is 2. The number of benzene rings is 2.